The fraction of sp³-hybridized carbons (Fsp3) is 0.588. The Kier molecular flexibility index (Phi) is 4.55. The molecule has 4 heteroatoms. The van der Waals surface area contributed by atoms with Gasteiger partial charge >= 0.3 is 0 Å². The first-order chi connectivity index (χ1) is 9.79. The van der Waals surface area contributed by atoms with Crippen molar-refractivity contribution in [1.82, 2.24) is 4.90 Å². The lowest BCUT2D eigenvalue weighted by molar-refractivity contribution is 0.0751. The number of anilines is 1. The van der Waals surface area contributed by atoms with Gasteiger partial charge in [0, 0.05) is 18.8 Å². The van der Waals surface area contributed by atoms with E-state index in [1.54, 1.807) is 11.0 Å². The molecule has 0 aliphatic carbocycles. The molecule has 1 unspecified atom stereocenters. The van der Waals surface area contributed by atoms with E-state index in [-0.39, 0.29) is 16.9 Å². The number of halogens is 1. The van der Waals surface area contributed by atoms with Crippen molar-refractivity contribution in [2.24, 2.45) is 11.3 Å². The van der Waals surface area contributed by atoms with Crippen molar-refractivity contribution >= 4 is 11.6 Å². The van der Waals surface area contributed by atoms with Gasteiger partial charge in [0.2, 0.25) is 0 Å². The van der Waals surface area contributed by atoms with Crippen LogP contribution >= 0.6 is 0 Å². The smallest absolute Gasteiger partial charge is 0.256 e. The van der Waals surface area contributed by atoms with Crippen molar-refractivity contribution in [2.75, 3.05) is 18.8 Å². The molecule has 2 rings (SSSR count). The largest absolute Gasteiger partial charge is 0.399 e. The van der Waals surface area contributed by atoms with Crippen LogP contribution in [0.5, 0.6) is 0 Å². The molecule has 1 aliphatic heterocycles. The number of rotatable bonds is 1. The van der Waals surface area contributed by atoms with Crippen molar-refractivity contribution in [2.45, 2.75) is 40.0 Å². The van der Waals surface area contributed by atoms with E-state index in [2.05, 4.69) is 20.8 Å². The van der Waals surface area contributed by atoms with Crippen LogP contribution < -0.4 is 5.73 Å². The van der Waals surface area contributed by atoms with Gasteiger partial charge in [-0.05, 0) is 48.8 Å². The first-order valence-electron chi connectivity index (χ1n) is 7.63. The molecule has 1 heterocycles. The van der Waals surface area contributed by atoms with Crippen LogP contribution in [0.25, 0.3) is 0 Å². The zero-order chi connectivity index (χ0) is 15.6. The summed E-state index contributed by atoms with van der Waals surface area (Å²) in [7, 11) is 0. The highest BCUT2D eigenvalue weighted by Crippen LogP contribution is 2.34. The second-order valence-corrected chi connectivity index (χ2v) is 7.03. The lowest BCUT2D eigenvalue weighted by atomic mass is 9.77. The van der Waals surface area contributed by atoms with Crippen LogP contribution in [0, 0.1) is 17.2 Å². The Morgan fingerprint density at radius 2 is 2.00 bits per heavy atom. The van der Waals surface area contributed by atoms with Gasteiger partial charge in [0.05, 0.1) is 5.56 Å². The minimum atomic E-state index is -0.531. The van der Waals surface area contributed by atoms with Crippen molar-refractivity contribution in [3.8, 4) is 0 Å². The number of amides is 1. The number of nitrogens with two attached hydrogens (primary N) is 1. The summed E-state index contributed by atoms with van der Waals surface area (Å²) in [6, 6.07) is 4.27. The van der Waals surface area contributed by atoms with Crippen LogP contribution in [0.1, 0.15) is 50.4 Å². The molecule has 2 N–H and O–H groups in total. The molecule has 1 aliphatic rings. The molecule has 3 nitrogen and oxygen atoms in total. The minimum Gasteiger partial charge on any atom is -0.399 e. The molecule has 1 aromatic carbocycles. The van der Waals surface area contributed by atoms with Gasteiger partial charge in [0.25, 0.3) is 5.91 Å². The molecule has 0 spiro atoms. The van der Waals surface area contributed by atoms with Crippen LogP contribution in [0.2, 0.25) is 0 Å². The van der Waals surface area contributed by atoms with Crippen LogP contribution in [0.3, 0.4) is 0 Å². The number of carbonyl (C=O) groups excluding carboxylic acids is 1. The highest BCUT2D eigenvalue weighted by atomic mass is 19.1. The van der Waals surface area contributed by atoms with Gasteiger partial charge in [0.15, 0.2) is 0 Å². The van der Waals surface area contributed by atoms with Crippen molar-refractivity contribution in [1.29, 1.82) is 0 Å². The maximum atomic E-state index is 13.9. The summed E-state index contributed by atoms with van der Waals surface area (Å²) in [5, 5.41) is 0. The topological polar surface area (TPSA) is 46.3 Å². The standard InChI is InChI=1S/C17H25FN2O/c1-17(2,3)12-5-4-9-20(10-8-12)16(21)14-7-6-13(19)11-15(14)18/h6-7,11-12H,4-5,8-10,19H2,1-3H3. The second kappa shape index (κ2) is 6.04. The lowest BCUT2D eigenvalue weighted by Gasteiger charge is -2.29. The summed E-state index contributed by atoms with van der Waals surface area (Å²) in [6.45, 7) is 8.14. The van der Waals surface area contributed by atoms with Crippen molar-refractivity contribution < 1.29 is 9.18 Å². The van der Waals surface area contributed by atoms with E-state index >= 15 is 0 Å². The fourth-order valence-electron chi connectivity index (χ4n) is 3.04. The molecule has 1 aromatic rings. The monoisotopic (exact) mass is 292 g/mol. The Labute approximate surface area is 126 Å². The number of nitrogen functional groups attached to an aromatic ring is 1. The molecule has 1 amide bonds. The van der Waals surface area contributed by atoms with Crippen LogP contribution in [-0.2, 0) is 0 Å². The lowest BCUT2D eigenvalue weighted by Crippen LogP contribution is -2.33. The van der Waals surface area contributed by atoms with Gasteiger partial charge in [-0.1, -0.05) is 20.8 Å². The molecule has 0 saturated carbocycles. The quantitative estimate of drug-likeness (QED) is 0.802. The van der Waals surface area contributed by atoms with Gasteiger partial charge in [-0.25, -0.2) is 4.39 Å². The van der Waals surface area contributed by atoms with E-state index in [4.69, 9.17) is 5.73 Å². The normalized spacial score (nSPS) is 20.2. The number of likely N-dealkylation sites (tertiary alicyclic amines) is 1. The summed E-state index contributed by atoms with van der Waals surface area (Å²) < 4.78 is 13.9. The predicted octanol–water partition coefficient (Wildman–Crippen LogP) is 3.70. The SMILES string of the molecule is CC(C)(C)C1CCCN(C(=O)c2ccc(N)cc2F)CC1. The maximum absolute atomic E-state index is 13.9. The van der Waals surface area contributed by atoms with Gasteiger partial charge in [-0.15, -0.1) is 0 Å². The summed E-state index contributed by atoms with van der Waals surface area (Å²) in [6.07, 6.45) is 3.08. The van der Waals surface area contributed by atoms with E-state index < -0.39 is 5.82 Å². The highest BCUT2D eigenvalue weighted by Gasteiger charge is 2.29. The summed E-state index contributed by atoms with van der Waals surface area (Å²) >= 11 is 0. The number of benzene rings is 1. The van der Waals surface area contributed by atoms with E-state index in [0.29, 0.717) is 24.7 Å². The zero-order valence-electron chi connectivity index (χ0n) is 13.2. The van der Waals surface area contributed by atoms with Gasteiger partial charge in [-0.3, -0.25) is 4.79 Å². The van der Waals surface area contributed by atoms with Crippen LogP contribution in [-0.4, -0.2) is 23.9 Å². The minimum absolute atomic E-state index is 0.124. The highest BCUT2D eigenvalue weighted by molar-refractivity contribution is 5.94. The summed E-state index contributed by atoms with van der Waals surface area (Å²) in [4.78, 5) is 14.3. The van der Waals surface area contributed by atoms with Crippen molar-refractivity contribution in [3.63, 3.8) is 0 Å². The average Bonchev–Trinajstić information content (AvgIpc) is 2.63. The van der Waals surface area contributed by atoms with E-state index in [1.165, 1.54) is 12.1 Å². The third-order valence-electron chi connectivity index (χ3n) is 4.46. The predicted molar refractivity (Wildman–Crippen MR) is 83.5 cm³/mol. The second-order valence-electron chi connectivity index (χ2n) is 7.03. The Hall–Kier alpha value is -1.58. The molecular weight excluding hydrogens is 267 g/mol. The van der Waals surface area contributed by atoms with Gasteiger partial charge in [0.1, 0.15) is 5.82 Å². The van der Waals surface area contributed by atoms with Gasteiger partial charge in [-0.2, -0.15) is 0 Å². The Morgan fingerprint density at radius 1 is 1.29 bits per heavy atom. The fourth-order valence-corrected chi connectivity index (χ4v) is 3.04. The molecule has 0 radical (unpaired) electrons. The number of carbonyl (C=O) groups is 1. The first kappa shape index (κ1) is 15.8. The number of hydrogen-bond donors (Lipinski definition) is 1. The molecule has 1 fully saturated rings. The van der Waals surface area contributed by atoms with Crippen molar-refractivity contribution in [3.05, 3.63) is 29.6 Å². The van der Waals surface area contributed by atoms with Crippen LogP contribution in [0.15, 0.2) is 18.2 Å². The van der Waals surface area contributed by atoms with E-state index in [9.17, 15) is 9.18 Å². The summed E-state index contributed by atoms with van der Waals surface area (Å²) in [5.41, 5.74) is 6.25. The molecule has 1 atom stereocenters. The Bertz CT molecular complexity index is 522. The molecule has 0 aromatic heterocycles. The molecule has 21 heavy (non-hydrogen) atoms. The molecule has 1 saturated heterocycles. The Balaban J connectivity index is 2.10. The number of hydrogen-bond acceptors (Lipinski definition) is 2. The third kappa shape index (κ3) is 3.74. The maximum Gasteiger partial charge on any atom is 0.256 e. The van der Waals surface area contributed by atoms with E-state index in [0.717, 1.165) is 19.3 Å². The summed E-state index contributed by atoms with van der Waals surface area (Å²) in [5.74, 6) is -0.148. The average molecular weight is 292 g/mol. The van der Waals surface area contributed by atoms with E-state index in [1.807, 2.05) is 0 Å². The zero-order valence-corrected chi connectivity index (χ0v) is 13.2. The first-order valence-corrected chi connectivity index (χ1v) is 7.63. The Morgan fingerprint density at radius 3 is 2.62 bits per heavy atom. The van der Waals surface area contributed by atoms with Crippen LogP contribution in [0.4, 0.5) is 10.1 Å². The molecule has 0 bridgehead atoms. The van der Waals surface area contributed by atoms with Gasteiger partial charge < -0.3 is 10.6 Å². The molecular formula is C17H25FN2O. The molecule has 116 valence electrons. The number of nitrogens with zero attached hydrogens (tertiary/aromatic N) is 1. The third-order valence-corrected chi connectivity index (χ3v) is 4.46.